The number of piperazine rings is 1. The fourth-order valence-corrected chi connectivity index (χ4v) is 5.21. The average molecular weight is 541 g/mol. The van der Waals surface area contributed by atoms with E-state index < -0.39 is 29.7 Å². The molecule has 2 heterocycles. The minimum Gasteiger partial charge on any atom is -0.481 e. The summed E-state index contributed by atoms with van der Waals surface area (Å²) in [5.74, 6) is -1.89. The van der Waals surface area contributed by atoms with E-state index in [-0.39, 0.29) is 11.5 Å². The number of alkyl halides is 3. The fourth-order valence-electron chi connectivity index (χ4n) is 5.21. The van der Waals surface area contributed by atoms with Crippen molar-refractivity contribution in [2.24, 2.45) is 10.9 Å². The van der Waals surface area contributed by atoms with Gasteiger partial charge in [-0.2, -0.15) is 13.2 Å². The van der Waals surface area contributed by atoms with E-state index >= 15 is 0 Å². The van der Waals surface area contributed by atoms with E-state index in [9.17, 15) is 27.5 Å². The normalized spacial score (nSPS) is 18.5. The quantitative estimate of drug-likeness (QED) is 0.397. The highest BCUT2D eigenvalue weighted by molar-refractivity contribution is 6.01. The third kappa shape index (κ3) is 5.15. The van der Waals surface area contributed by atoms with Crippen LogP contribution in [0.3, 0.4) is 0 Å². The number of carboxylic acid groups (broad SMARTS) is 1. The number of nitrogens with zero attached hydrogens (tertiary/aromatic N) is 4. The topological polar surface area (TPSA) is 59.4 Å². The number of halogens is 4. The molecule has 0 radical (unpaired) electrons. The summed E-state index contributed by atoms with van der Waals surface area (Å²) >= 11 is 0. The van der Waals surface area contributed by atoms with Crippen LogP contribution in [0.5, 0.6) is 0 Å². The maximum absolute atomic E-state index is 13.8. The van der Waals surface area contributed by atoms with E-state index in [1.54, 1.807) is 61.2 Å². The molecule has 10 heteroatoms. The molecule has 0 saturated carbocycles. The summed E-state index contributed by atoms with van der Waals surface area (Å²) in [4.78, 5) is 22.8. The van der Waals surface area contributed by atoms with Crippen LogP contribution in [-0.2, 0) is 11.0 Å². The molecule has 2 aliphatic heterocycles. The number of fused-ring (bicyclic) bond motifs is 1. The van der Waals surface area contributed by atoms with Gasteiger partial charge in [-0.05, 0) is 61.9 Å². The number of aliphatic imine (C=N–C) groups is 1. The number of rotatable bonds is 4. The zero-order chi connectivity index (χ0) is 27.9. The third-order valence-corrected chi connectivity index (χ3v) is 7.35. The Morgan fingerprint density at radius 3 is 2.31 bits per heavy atom. The monoisotopic (exact) mass is 540 g/mol. The van der Waals surface area contributed by atoms with Gasteiger partial charge in [0.2, 0.25) is 5.96 Å². The minimum absolute atomic E-state index is 0.216. The number of benzene rings is 3. The Hall–Kier alpha value is -4.08. The molecule has 2 aliphatic rings. The second-order valence-electron chi connectivity index (χ2n) is 9.87. The lowest BCUT2D eigenvalue weighted by atomic mass is 9.90. The summed E-state index contributed by atoms with van der Waals surface area (Å²) in [5, 5.41) is 10.0. The van der Waals surface area contributed by atoms with Gasteiger partial charge in [-0.3, -0.25) is 4.79 Å². The molecule has 1 fully saturated rings. The van der Waals surface area contributed by atoms with Crippen LogP contribution in [0.25, 0.3) is 0 Å². The van der Waals surface area contributed by atoms with Crippen molar-refractivity contribution < 1.29 is 27.5 Å². The summed E-state index contributed by atoms with van der Waals surface area (Å²) in [7, 11) is 0. The summed E-state index contributed by atoms with van der Waals surface area (Å²) in [5.41, 5.74) is 2.05. The van der Waals surface area contributed by atoms with Gasteiger partial charge >= 0.3 is 12.1 Å². The summed E-state index contributed by atoms with van der Waals surface area (Å²) in [6.45, 7) is 5.38. The van der Waals surface area contributed by atoms with Crippen LogP contribution >= 0.6 is 0 Å². The Morgan fingerprint density at radius 2 is 1.64 bits per heavy atom. The molecule has 0 spiro atoms. The van der Waals surface area contributed by atoms with Crippen molar-refractivity contribution in [2.45, 2.75) is 26.1 Å². The van der Waals surface area contributed by atoms with Crippen LogP contribution < -0.4 is 9.80 Å². The summed E-state index contributed by atoms with van der Waals surface area (Å²) < 4.78 is 54.9. The van der Waals surface area contributed by atoms with Gasteiger partial charge < -0.3 is 19.8 Å². The number of aliphatic carboxylic acids is 1. The predicted octanol–water partition coefficient (Wildman–Crippen LogP) is 6.24. The second-order valence-corrected chi connectivity index (χ2v) is 9.87. The fraction of sp³-hybridized carbons (Fsp3) is 0.310. The van der Waals surface area contributed by atoms with Gasteiger partial charge in [-0.15, -0.1) is 0 Å². The molecule has 5 rings (SSSR count). The molecule has 1 N–H and O–H groups in total. The lowest BCUT2D eigenvalue weighted by Crippen LogP contribution is -2.56. The highest BCUT2D eigenvalue weighted by Gasteiger charge is 2.41. The Morgan fingerprint density at radius 1 is 0.949 bits per heavy atom. The largest absolute Gasteiger partial charge is 0.481 e. The van der Waals surface area contributed by atoms with Crippen LogP contribution in [0, 0.1) is 18.7 Å². The zero-order valence-corrected chi connectivity index (χ0v) is 21.5. The molecule has 3 aromatic rings. The van der Waals surface area contributed by atoms with Crippen molar-refractivity contribution in [2.75, 3.05) is 36.0 Å². The lowest BCUT2D eigenvalue weighted by Gasteiger charge is -2.46. The van der Waals surface area contributed by atoms with E-state index in [1.807, 2.05) is 4.90 Å². The van der Waals surface area contributed by atoms with Gasteiger partial charge in [0.25, 0.3) is 0 Å². The van der Waals surface area contributed by atoms with Crippen molar-refractivity contribution in [1.82, 2.24) is 4.90 Å². The molecule has 2 atom stereocenters. The lowest BCUT2D eigenvalue weighted by molar-refractivity contribution is -0.142. The molecule has 1 saturated heterocycles. The Labute approximate surface area is 223 Å². The van der Waals surface area contributed by atoms with Crippen molar-refractivity contribution in [3.63, 3.8) is 0 Å². The molecule has 39 heavy (non-hydrogen) atoms. The van der Waals surface area contributed by atoms with Gasteiger partial charge in [0.15, 0.2) is 0 Å². The van der Waals surface area contributed by atoms with Crippen LogP contribution in [-0.4, -0.2) is 48.1 Å². The van der Waals surface area contributed by atoms with Gasteiger partial charge in [-0.1, -0.05) is 24.3 Å². The highest BCUT2D eigenvalue weighted by Crippen LogP contribution is 2.43. The van der Waals surface area contributed by atoms with Crippen molar-refractivity contribution in [3.05, 3.63) is 89.2 Å². The molecular weight excluding hydrogens is 512 g/mol. The second kappa shape index (κ2) is 10.2. The molecule has 0 aromatic heterocycles. The molecule has 0 bridgehead atoms. The van der Waals surface area contributed by atoms with Gasteiger partial charge in [0, 0.05) is 43.1 Å². The Balaban J connectivity index is 1.56. The number of anilines is 2. The molecule has 0 aliphatic carbocycles. The van der Waals surface area contributed by atoms with Crippen LogP contribution in [0.1, 0.15) is 29.7 Å². The molecule has 0 amide bonds. The Bertz CT molecular complexity index is 1420. The van der Waals surface area contributed by atoms with Gasteiger partial charge in [-0.25, -0.2) is 9.38 Å². The number of para-hydroxylation sites is 1. The summed E-state index contributed by atoms with van der Waals surface area (Å²) in [6.07, 6.45) is -4.56. The first-order chi connectivity index (χ1) is 18.5. The van der Waals surface area contributed by atoms with Gasteiger partial charge in [0.1, 0.15) is 5.82 Å². The molecular formula is C29H28F4N4O2. The zero-order valence-electron chi connectivity index (χ0n) is 21.5. The SMILES string of the molecule is Cc1cc(N2CCN(C3=Nc4ccccc4C(C(C)C(=O)O)N3c3cccc(C(F)(F)F)c3)CC2)ccc1F. The number of carboxylic acids is 1. The third-order valence-electron chi connectivity index (χ3n) is 7.35. The minimum atomic E-state index is -4.56. The highest BCUT2D eigenvalue weighted by atomic mass is 19.4. The number of hydrogen-bond acceptors (Lipinski definition) is 5. The number of carbonyl (C=O) groups is 1. The first kappa shape index (κ1) is 26.5. The van der Waals surface area contributed by atoms with Gasteiger partial charge in [0.05, 0.1) is 23.2 Å². The summed E-state index contributed by atoms with van der Waals surface area (Å²) in [6, 6.07) is 16.2. The average Bonchev–Trinajstić information content (AvgIpc) is 2.92. The maximum atomic E-state index is 13.8. The van der Waals surface area contributed by atoms with Crippen LogP contribution in [0.2, 0.25) is 0 Å². The maximum Gasteiger partial charge on any atom is 0.416 e. The van der Waals surface area contributed by atoms with Crippen molar-refractivity contribution in [3.8, 4) is 0 Å². The number of guanidine groups is 1. The molecule has 2 unspecified atom stereocenters. The van der Waals surface area contributed by atoms with Crippen molar-refractivity contribution in [1.29, 1.82) is 0 Å². The number of aryl methyl sites for hydroxylation is 1. The van der Waals surface area contributed by atoms with E-state index in [0.717, 1.165) is 17.8 Å². The van der Waals surface area contributed by atoms with E-state index in [1.165, 1.54) is 12.1 Å². The molecule has 204 valence electrons. The number of hydrogen-bond donors (Lipinski definition) is 1. The van der Waals surface area contributed by atoms with E-state index in [2.05, 4.69) is 4.90 Å². The molecule has 3 aromatic carbocycles. The Kier molecular flexibility index (Phi) is 6.96. The first-order valence-corrected chi connectivity index (χ1v) is 12.7. The predicted molar refractivity (Wildman–Crippen MR) is 142 cm³/mol. The van der Waals surface area contributed by atoms with Crippen LogP contribution in [0.15, 0.2) is 71.7 Å². The standard InChI is InChI=1S/C29H28F4N4O2/c1-18-16-21(10-11-24(18)30)35-12-14-36(15-13-35)28-34-25-9-4-3-8-23(25)26(19(2)27(38)39)37(28)22-7-5-6-20(17-22)29(31,32)33/h3-11,16-17,19,26H,12-15H2,1-2H3,(H,38,39). The van der Waals surface area contributed by atoms with Crippen molar-refractivity contribution >= 4 is 29.0 Å². The van der Waals surface area contributed by atoms with E-state index in [4.69, 9.17) is 4.99 Å². The molecule has 6 nitrogen and oxygen atoms in total. The smallest absolute Gasteiger partial charge is 0.416 e. The van der Waals surface area contributed by atoms with Crippen LogP contribution in [0.4, 0.5) is 34.6 Å². The first-order valence-electron chi connectivity index (χ1n) is 12.7. The van der Waals surface area contributed by atoms with E-state index in [0.29, 0.717) is 49.0 Å².